The number of hydrogen-bond acceptors (Lipinski definition) is 4. The average molecular weight is 409 g/mol. The Kier molecular flexibility index (Phi) is 5.88. The summed E-state index contributed by atoms with van der Waals surface area (Å²) in [6.07, 6.45) is 2.20. The summed E-state index contributed by atoms with van der Waals surface area (Å²) in [5, 5.41) is 2.84. The first-order valence-corrected chi connectivity index (χ1v) is 10.4. The molecule has 2 bridgehead atoms. The smallest absolute Gasteiger partial charge is 0.250 e. The van der Waals surface area contributed by atoms with Gasteiger partial charge >= 0.3 is 0 Å². The van der Waals surface area contributed by atoms with Gasteiger partial charge in [-0.2, -0.15) is 0 Å². The highest BCUT2D eigenvalue weighted by Crippen LogP contribution is 2.35. The van der Waals surface area contributed by atoms with Gasteiger partial charge in [0.05, 0.1) is 7.11 Å². The van der Waals surface area contributed by atoms with Gasteiger partial charge in [-0.05, 0) is 49.1 Å². The van der Waals surface area contributed by atoms with Gasteiger partial charge in [0.15, 0.2) is 0 Å². The molecule has 2 atom stereocenters. The zero-order chi connectivity index (χ0) is 21.1. The second kappa shape index (κ2) is 8.73. The van der Waals surface area contributed by atoms with Crippen molar-refractivity contribution in [2.75, 3.05) is 25.5 Å². The summed E-state index contributed by atoms with van der Waals surface area (Å²) in [7, 11) is 1.60. The summed E-state index contributed by atoms with van der Waals surface area (Å²) in [6.45, 7) is 2.02. The SMILES string of the molecule is COc1ccc(NC(=O)CCCC(=O)N2C[C@@H]3C[C@H](C2)c2cccc(=O)n2C3)cc1. The summed E-state index contributed by atoms with van der Waals surface area (Å²) in [6, 6.07) is 12.6. The Labute approximate surface area is 175 Å². The van der Waals surface area contributed by atoms with Crippen molar-refractivity contribution in [3.63, 3.8) is 0 Å². The maximum absolute atomic E-state index is 12.7. The maximum Gasteiger partial charge on any atom is 0.250 e. The van der Waals surface area contributed by atoms with Crippen molar-refractivity contribution >= 4 is 17.5 Å². The van der Waals surface area contributed by atoms with E-state index in [-0.39, 0.29) is 23.3 Å². The van der Waals surface area contributed by atoms with Gasteiger partial charge in [0, 0.05) is 55.8 Å². The number of fused-ring (bicyclic) bond motifs is 4. The summed E-state index contributed by atoms with van der Waals surface area (Å²) < 4.78 is 6.97. The van der Waals surface area contributed by atoms with Crippen molar-refractivity contribution in [1.29, 1.82) is 0 Å². The number of ether oxygens (including phenoxy) is 1. The second-order valence-corrected chi connectivity index (χ2v) is 8.13. The van der Waals surface area contributed by atoms with Crippen LogP contribution in [0.25, 0.3) is 0 Å². The van der Waals surface area contributed by atoms with Crippen molar-refractivity contribution < 1.29 is 14.3 Å². The van der Waals surface area contributed by atoms with Gasteiger partial charge in [0.1, 0.15) is 5.75 Å². The van der Waals surface area contributed by atoms with Crippen LogP contribution in [0.3, 0.4) is 0 Å². The van der Waals surface area contributed by atoms with Crippen LogP contribution in [0.1, 0.15) is 37.3 Å². The molecule has 3 heterocycles. The number of methoxy groups -OCH3 is 1. The van der Waals surface area contributed by atoms with Gasteiger partial charge in [0.25, 0.3) is 5.56 Å². The fourth-order valence-electron chi connectivity index (χ4n) is 4.56. The summed E-state index contributed by atoms with van der Waals surface area (Å²) in [5.41, 5.74) is 1.80. The summed E-state index contributed by atoms with van der Waals surface area (Å²) in [4.78, 5) is 38.9. The molecule has 0 saturated carbocycles. The fraction of sp³-hybridized carbons (Fsp3) is 0.435. The molecule has 0 spiro atoms. The lowest BCUT2D eigenvalue weighted by Crippen LogP contribution is -2.49. The van der Waals surface area contributed by atoms with E-state index < -0.39 is 0 Å². The number of hydrogen-bond donors (Lipinski definition) is 1. The van der Waals surface area contributed by atoms with Gasteiger partial charge in [-0.15, -0.1) is 0 Å². The number of piperidine rings is 1. The predicted molar refractivity (Wildman–Crippen MR) is 114 cm³/mol. The molecule has 30 heavy (non-hydrogen) atoms. The first-order valence-electron chi connectivity index (χ1n) is 10.4. The third-order valence-corrected chi connectivity index (χ3v) is 6.00. The molecule has 7 nitrogen and oxygen atoms in total. The van der Waals surface area contributed by atoms with Crippen molar-refractivity contribution in [3.8, 4) is 5.75 Å². The topological polar surface area (TPSA) is 80.6 Å². The maximum atomic E-state index is 12.7. The number of pyridine rings is 1. The Bertz CT molecular complexity index is 983. The van der Waals surface area contributed by atoms with Gasteiger partial charge < -0.3 is 19.5 Å². The molecule has 2 aromatic rings. The molecule has 7 heteroatoms. The van der Waals surface area contributed by atoms with Crippen LogP contribution in [0.5, 0.6) is 5.75 Å². The van der Waals surface area contributed by atoms with E-state index in [1.807, 2.05) is 15.5 Å². The number of benzene rings is 1. The van der Waals surface area contributed by atoms with Crippen molar-refractivity contribution in [2.45, 2.75) is 38.1 Å². The minimum absolute atomic E-state index is 0.0462. The molecule has 4 rings (SSSR count). The number of amides is 2. The predicted octanol–water partition coefficient (Wildman–Crippen LogP) is 2.61. The number of likely N-dealkylation sites (tertiary alicyclic amines) is 1. The molecular formula is C23H27N3O4. The number of carbonyl (C=O) groups is 2. The van der Waals surface area contributed by atoms with Crippen LogP contribution in [-0.2, 0) is 16.1 Å². The third kappa shape index (κ3) is 4.40. The Morgan fingerprint density at radius 2 is 1.87 bits per heavy atom. The van der Waals surface area contributed by atoms with E-state index in [0.717, 1.165) is 17.9 Å². The van der Waals surface area contributed by atoms with E-state index in [2.05, 4.69) is 5.32 Å². The van der Waals surface area contributed by atoms with Gasteiger partial charge in [-0.25, -0.2) is 0 Å². The average Bonchev–Trinajstić information content (AvgIpc) is 2.75. The summed E-state index contributed by atoms with van der Waals surface area (Å²) in [5.74, 6) is 1.26. The zero-order valence-electron chi connectivity index (χ0n) is 17.2. The van der Waals surface area contributed by atoms with Crippen LogP contribution < -0.4 is 15.6 Å². The molecule has 1 aromatic carbocycles. The van der Waals surface area contributed by atoms with Crippen LogP contribution >= 0.6 is 0 Å². The van der Waals surface area contributed by atoms with Gasteiger partial charge in [0.2, 0.25) is 11.8 Å². The Morgan fingerprint density at radius 3 is 2.63 bits per heavy atom. The standard InChI is InChI=1S/C23H27N3O4/c1-30-19-10-8-18(9-11-19)24-21(27)5-3-6-22(28)25-13-16-12-17(15-25)20-4-2-7-23(29)26(20)14-16/h2,4,7-11,16-17H,3,5-6,12-15H2,1H3,(H,24,27)/t16-,17+/m0/s1. The molecule has 1 aromatic heterocycles. The molecule has 2 amide bonds. The first kappa shape index (κ1) is 20.2. The number of carbonyl (C=O) groups excluding carboxylic acids is 2. The molecule has 158 valence electrons. The molecular weight excluding hydrogens is 382 g/mol. The van der Waals surface area contributed by atoms with Crippen LogP contribution in [0.4, 0.5) is 5.69 Å². The lowest BCUT2D eigenvalue weighted by Gasteiger charge is -2.42. The minimum atomic E-state index is -0.100. The third-order valence-electron chi connectivity index (χ3n) is 6.00. The zero-order valence-corrected chi connectivity index (χ0v) is 17.2. The van der Waals surface area contributed by atoms with Crippen LogP contribution in [0, 0.1) is 5.92 Å². The summed E-state index contributed by atoms with van der Waals surface area (Å²) >= 11 is 0. The number of nitrogens with zero attached hydrogens (tertiary/aromatic N) is 2. The molecule has 2 aliphatic rings. The molecule has 0 unspecified atom stereocenters. The fourth-order valence-corrected chi connectivity index (χ4v) is 4.56. The molecule has 1 saturated heterocycles. The quantitative estimate of drug-likeness (QED) is 0.795. The number of aromatic nitrogens is 1. The highest BCUT2D eigenvalue weighted by atomic mass is 16.5. The largest absolute Gasteiger partial charge is 0.497 e. The van der Waals surface area contributed by atoms with Gasteiger partial charge in [-0.3, -0.25) is 14.4 Å². The van der Waals surface area contributed by atoms with E-state index in [4.69, 9.17) is 4.74 Å². The van der Waals surface area contributed by atoms with Crippen molar-refractivity contribution in [1.82, 2.24) is 9.47 Å². The van der Waals surface area contributed by atoms with E-state index >= 15 is 0 Å². The Morgan fingerprint density at radius 1 is 1.07 bits per heavy atom. The number of rotatable bonds is 6. The molecule has 2 aliphatic heterocycles. The monoisotopic (exact) mass is 409 g/mol. The molecule has 1 N–H and O–H groups in total. The normalized spacial score (nSPS) is 19.7. The van der Waals surface area contributed by atoms with E-state index in [0.29, 0.717) is 50.5 Å². The highest BCUT2D eigenvalue weighted by molar-refractivity contribution is 5.91. The Balaban J connectivity index is 1.27. The van der Waals surface area contributed by atoms with E-state index in [1.54, 1.807) is 43.5 Å². The highest BCUT2D eigenvalue weighted by Gasteiger charge is 2.35. The van der Waals surface area contributed by atoms with Gasteiger partial charge in [-0.1, -0.05) is 6.07 Å². The Hall–Kier alpha value is -3.09. The lowest BCUT2D eigenvalue weighted by molar-refractivity contribution is -0.134. The van der Waals surface area contributed by atoms with Crippen LogP contribution in [-0.4, -0.2) is 41.5 Å². The number of anilines is 1. The van der Waals surface area contributed by atoms with Crippen LogP contribution in [0.15, 0.2) is 47.3 Å². The van der Waals surface area contributed by atoms with Crippen molar-refractivity contribution in [2.24, 2.45) is 5.92 Å². The van der Waals surface area contributed by atoms with E-state index in [9.17, 15) is 14.4 Å². The van der Waals surface area contributed by atoms with Crippen LogP contribution in [0.2, 0.25) is 0 Å². The number of nitrogens with one attached hydrogen (secondary N) is 1. The molecule has 1 fully saturated rings. The lowest BCUT2D eigenvalue weighted by atomic mass is 9.83. The first-order chi connectivity index (χ1) is 14.5. The molecule has 0 aliphatic carbocycles. The van der Waals surface area contributed by atoms with Crippen molar-refractivity contribution in [3.05, 3.63) is 58.5 Å². The second-order valence-electron chi connectivity index (χ2n) is 8.13. The molecule has 0 radical (unpaired) electrons. The minimum Gasteiger partial charge on any atom is -0.497 e. The van der Waals surface area contributed by atoms with E-state index in [1.165, 1.54) is 0 Å².